The van der Waals surface area contributed by atoms with E-state index >= 15 is 0 Å². The van der Waals surface area contributed by atoms with Crippen molar-refractivity contribution in [3.63, 3.8) is 0 Å². The third-order valence-electron chi connectivity index (χ3n) is 3.55. The van der Waals surface area contributed by atoms with Gasteiger partial charge >= 0.3 is 0 Å². The fourth-order valence-electron chi connectivity index (χ4n) is 2.30. The Morgan fingerprint density at radius 3 is 2.80 bits per heavy atom. The molecule has 3 aromatic rings. The molecule has 0 amide bonds. The minimum atomic E-state index is 0.348. The number of ether oxygens (including phenoxy) is 2. The van der Waals surface area contributed by atoms with Crippen LogP contribution in [0.4, 0.5) is 5.69 Å². The summed E-state index contributed by atoms with van der Waals surface area (Å²) in [5.41, 5.74) is 2.10. The van der Waals surface area contributed by atoms with Crippen LogP contribution in [-0.4, -0.2) is 24.4 Å². The number of nitriles is 1. The highest BCUT2D eigenvalue weighted by Gasteiger charge is 2.14. The summed E-state index contributed by atoms with van der Waals surface area (Å²) in [6.07, 6.45) is 0. The van der Waals surface area contributed by atoms with Crippen LogP contribution in [-0.2, 0) is 6.54 Å². The fourth-order valence-corrected chi connectivity index (χ4v) is 2.30. The Balaban J connectivity index is 1.75. The van der Waals surface area contributed by atoms with Crippen molar-refractivity contribution < 1.29 is 14.0 Å². The van der Waals surface area contributed by atoms with Crippen molar-refractivity contribution in [2.45, 2.75) is 6.54 Å². The quantitative estimate of drug-likeness (QED) is 0.738. The molecule has 0 spiro atoms. The van der Waals surface area contributed by atoms with Gasteiger partial charge in [0, 0.05) is 11.8 Å². The lowest BCUT2D eigenvalue weighted by atomic mass is 10.2. The third-order valence-corrected chi connectivity index (χ3v) is 3.55. The highest BCUT2D eigenvalue weighted by molar-refractivity contribution is 5.65. The van der Waals surface area contributed by atoms with Gasteiger partial charge in [-0.25, -0.2) is 0 Å². The molecule has 25 heavy (non-hydrogen) atoms. The molecule has 0 unspecified atom stereocenters. The van der Waals surface area contributed by atoms with E-state index in [4.69, 9.17) is 19.3 Å². The van der Waals surface area contributed by atoms with Gasteiger partial charge in [-0.3, -0.25) is 0 Å². The minimum Gasteiger partial charge on any atom is -0.497 e. The van der Waals surface area contributed by atoms with E-state index in [-0.39, 0.29) is 0 Å². The second-order valence-corrected chi connectivity index (χ2v) is 5.12. The van der Waals surface area contributed by atoms with Gasteiger partial charge in [-0.15, -0.1) is 0 Å². The molecular weight excluding hydrogens is 320 g/mol. The maximum atomic E-state index is 8.92. The van der Waals surface area contributed by atoms with Crippen LogP contribution in [0.15, 0.2) is 47.0 Å². The van der Waals surface area contributed by atoms with E-state index in [1.165, 1.54) is 0 Å². The van der Waals surface area contributed by atoms with Crippen molar-refractivity contribution >= 4 is 5.69 Å². The summed E-state index contributed by atoms with van der Waals surface area (Å²) in [5, 5.41) is 16.1. The fraction of sp³-hybridized carbons (Fsp3) is 0.167. The van der Waals surface area contributed by atoms with Gasteiger partial charge in [0.15, 0.2) is 0 Å². The monoisotopic (exact) mass is 336 g/mol. The third kappa shape index (κ3) is 3.70. The maximum Gasteiger partial charge on any atom is 0.246 e. The molecule has 3 rings (SSSR count). The molecule has 0 bridgehead atoms. The van der Waals surface area contributed by atoms with Crippen LogP contribution >= 0.6 is 0 Å². The molecule has 0 aliphatic carbocycles. The Hall–Kier alpha value is -3.53. The molecule has 2 aromatic carbocycles. The van der Waals surface area contributed by atoms with Crippen LogP contribution in [0.25, 0.3) is 11.4 Å². The highest BCUT2D eigenvalue weighted by atomic mass is 16.5. The first-order chi connectivity index (χ1) is 12.2. The average molecular weight is 336 g/mol. The number of methoxy groups -OCH3 is 2. The Labute approximate surface area is 144 Å². The molecule has 0 aliphatic rings. The second kappa shape index (κ2) is 7.36. The zero-order valence-electron chi connectivity index (χ0n) is 13.8. The summed E-state index contributed by atoms with van der Waals surface area (Å²) in [5.74, 6) is 2.14. The highest BCUT2D eigenvalue weighted by Crippen LogP contribution is 2.31. The van der Waals surface area contributed by atoms with E-state index in [2.05, 4.69) is 21.5 Å². The minimum absolute atomic E-state index is 0.348. The van der Waals surface area contributed by atoms with Crippen LogP contribution in [0, 0.1) is 11.3 Å². The average Bonchev–Trinajstić information content (AvgIpc) is 3.14. The first-order valence-electron chi connectivity index (χ1n) is 7.52. The maximum absolute atomic E-state index is 8.92. The van der Waals surface area contributed by atoms with Gasteiger partial charge in [-0.1, -0.05) is 11.2 Å². The molecule has 1 heterocycles. The molecule has 7 nitrogen and oxygen atoms in total. The van der Waals surface area contributed by atoms with E-state index in [9.17, 15) is 0 Å². The second-order valence-electron chi connectivity index (χ2n) is 5.12. The number of hydrogen-bond donors (Lipinski definition) is 1. The van der Waals surface area contributed by atoms with Crippen molar-refractivity contribution in [2.24, 2.45) is 0 Å². The van der Waals surface area contributed by atoms with Crippen LogP contribution in [0.2, 0.25) is 0 Å². The number of hydrogen-bond acceptors (Lipinski definition) is 7. The summed E-state index contributed by atoms with van der Waals surface area (Å²) in [7, 11) is 3.16. The summed E-state index contributed by atoms with van der Waals surface area (Å²) >= 11 is 0. The molecule has 0 saturated carbocycles. The van der Waals surface area contributed by atoms with Gasteiger partial charge in [0.1, 0.15) is 11.5 Å². The lowest BCUT2D eigenvalue weighted by Gasteiger charge is -2.07. The van der Waals surface area contributed by atoms with Crippen molar-refractivity contribution in [3.8, 4) is 29.0 Å². The van der Waals surface area contributed by atoms with Gasteiger partial charge in [-0.05, 0) is 30.3 Å². The van der Waals surface area contributed by atoms with E-state index in [1.807, 2.05) is 18.2 Å². The standard InChI is InChI=1S/C18H16N4O3/c1-23-14-6-7-15(16(9-14)24-2)18-21-17(25-22-18)11-20-13-5-3-4-12(8-13)10-19/h3-9,20H,11H2,1-2H3. The Morgan fingerprint density at radius 1 is 1.16 bits per heavy atom. The SMILES string of the molecule is COc1ccc(-c2noc(CNc3cccc(C#N)c3)n2)c(OC)c1. The smallest absolute Gasteiger partial charge is 0.246 e. The van der Waals surface area contributed by atoms with Gasteiger partial charge in [0.05, 0.1) is 38.0 Å². The van der Waals surface area contributed by atoms with Gasteiger partial charge in [-0.2, -0.15) is 10.2 Å². The Kier molecular flexibility index (Phi) is 4.81. The van der Waals surface area contributed by atoms with E-state index in [1.54, 1.807) is 38.5 Å². The van der Waals surface area contributed by atoms with E-state index < -0.39 is 0 Å². The lowest BCUT2D eigenvalue weighted by Crippen LogP contribution is -2.00. The predicted molar refractivity (Wildman–Crippen MR) is 91.3 cm³/mol. The van der Waals surface area contributed by atoms with E-state index in [0.717, 1.165) is 5.69 Å². The predicted octanol–water partition coefficient (Wildman–Crippen LogP) is 3.24. The number of nitrogens with zero attached hydrogens (tertiary/aromatic N) is 3. The molecular formula is C18H16N4O3. The van der Waals surface area contributed by atoms with Crippen molar-refractivity contribution in [1.29, 1.82) is 5.26 Å². The largest absolute Gasteiger partial charge is 0.497 e. The lowest BCUT2D eigenvalue weighted by molar-refractivity contribution is 0.382. The molecule has 0 aliphatic heterocycles. The normalized spacial score (nSPS) is 10.1. The number of nitrogens with one attached hydrogen (secondary N) is 1. The summed E-state index contributed by atoms with van der Waals surface area (Å²) in [6.45, 7) is 0.348. The molecule has 126 valence electrons. The zero-order valence-corrected chi connectivity index (χ0v) is 13.8. The first-order valence-corrected chi connectivity index (χ1v) is 7.52. The molecule has 1 aromatic heterocycles. The summed E-state index contributed by atoms with van der Waals surface area (Å²) < 4.78 is 15.8. The number of anilines is 1. The number of rotatable bonds is 6. The van der Waals surface area contributed by atoms with Crippen LogP contribution in [0.5, 0.6) is 11.5 Å². The molecule has 0 atom stereocenters. The summed E-state index contributed by atoms with van der Waals surface area (Å²) in [6, 6.07) is 14.6. The van der Waals surface area contributed by atoms with Gasteiger partial charge in [0.25, 0.3) is 0 Å². The van der Waals surface area contributed by atoms with Crippen molar-refractivity contribution in [3.05, 3.63) is 53.9 Å². The number of benzene rings is 2. The van der Waals surface area contributed by atoms with Crippen LogP contribution in [0.3, 0.4) is 0 Å². The van der Waals surface area contributed by atoms with Gasteiger partial charge < -0.3 is 19.3 Å². The zero-order chi connectivity index (χ0) is 17.6. The van der Waals surface area contributed by atoms with Crippen molar-refractivity contribution in [1.82, 2.24) is 10.1 Å². The Morgan fingerprint density at radius 2 is 2.04 bits per heavy atom. The van der Waals surface area contributed by atoms with Crippen LogP contribution in [0.1, 0.15) is 11.5 Å². The first kappa shape index (κ1) is 16.3. The Bertz CT molecular complexity index is 915. The molecule has 0 saturated heterocycles. The number of aromatic nitrogens is 2. The topological polar surface area (TPSA) is 93.2 Å². The molecule has 0 radical (unpaired) electrons. The molecule has 0 fully saturated rings. The molecule has 1 N–H and O–H groups in total. The molecule has 7 heteroatoms. The van der Waals surface area contributed by atoms with E-state index in [0.29, 0.717) is 40.9 Å². The summed E-state index contributed by atoms with van der Waals surface area (Å²) in [4.78, 5) is 4.38. The van der Waals surface area contributed by atoms with Crippen molar-refractivity contribution in [2.75, 3.05) is 19.5 Å². The van der Waals surface area contributed by atoms with Gasteiger partial charge in [0.2, 0.25) is 11.7 Å². The van der Waals surface area contributed by atoms with Crippen LogP contribution < -0.4 is 14.8 Å².